The summed E-state index contributed by atoms with van der Waals surface area (Å²) in [4.78, 5) is 0. The second-order valence-corrected chi connectivity index (χ2v) is 9.57. The molecule has 0 N–H and O–H groups in total. The molecular weight excluding hydrogens is 402 g/mol. The molecule has 3 heteroatoms. The molecule has 0 radical (unpaired) electrons. The van der Waals surface area contributed by atoms with E-state index in [-0.39, 0.29) is 11.6 Å². The summed E-state index contributed by atoms with van der Waals surface area (Å²) in [6, 6.07) is 10.8. The highest BCUT2D eigenvalue weighted by Crippen LogP contribution is 2.47. The molecule has 2 saturated carbocycles. The van der Waals surface area contributed by atoms with Gasteiger partial charge in [0.05, 0.1) is 6.10 Å². The van der Waals surface area contributed by atoms with Crippen LogP contribution in [0.4, 0.5) is 8.78 Å². The molecule has 0 spiro atoms. The number of fused-ring (bicyclic) bond motifs is 1. The van der Waals surface area contributed by atoms with Crippen molar-refractivity contribution in [3.63, 3.8) is 0 Å². The highest BCUT2D eigenvalue weighted by atomic mass is 19.1. The van der Waals surface area contributed by atoms with Crippen molar-refractivity contribution in [3.8, 4) is 11.1 Å². The maximum atomic E-state index is 15.2. The number of aryl methyl sites for hydroxylation is 1. The summed E-state index contributed by atoms with van der Waals surface area (Å²) >= 11 is 0. The molecule has 2 aliphatic carbocycles. The Bertz CT molecular complexity index is 935. The minimum atomic E-state index is -0.211. The Labute approximate surface area is 191 Å². The van der Waals surface area contributed by atoms with E-state index in [0.717, 1.165) is 54.9 Å². The molecular formula is C29H36F2O. The van der Waals surface area contributed by atoms with E-state index in [4.69, 9.17) is 4.74 Å². The lowest BCUT2D eigenvalue weighted by Gasteiger charge is -2.42. The normalized spacial score (nSPS) is 25.8. The molecule has 4 rings (SSSR count). The summed E-state index contributed by atoms with van der Waals surface area (Å²) in [5.74, 6) is 1.35. The van der Waals surface area contributed by atoms with Crippen molar-refractivity contribution in [3.05, 3.63) is 71.3 Å². The van der Waals surface area contributed by atoms with Crippen molar-refractivity contribution in [2.75, 3.05) is 6.61 Å². The maximum absolute atomic E-state index is 15.2. The lowest BCUT2D eigenvalue weighted by atomic mass is 9.65. The van der Waals surface area contributed by atoms with E-state index in [1.54, 1.807) is 12.1 Å². The van der Waals surface area contributed by atoms with Gasteiger partial charge in [-0.2, -0.15) is 0 Å². The SMILES string of the molecule is C/C=C/CCc1ccc(-c2ccc(C3CCC4CC(OCC)CCC4C3)c(F)c2)cc1F. The van der Waals surface area contributed by atoms with E-state index < -0.39 is 0 Å². The summed E-state index contributed by atoms with van der Waals surface area (Å²) in [7, 11) is 0. The smallest absolute Gasteiger partial charge is 0.127 e. The molecule has 2 fully saturated rings. The standard InChI is InChI=1S/C29H36F2O/c1-3-5-6-7-20-8-9-23(18-28(20)30)24-13-15-27(29(31)19-24)25-11-10-22-17-26(32-4-2)14-12-21(22)16-25/h3,5,8-9,13,15,18-19,21-22,25-26H,4,6-7,10-12,14,16-17H2,1-2H3/b5-3+. The number of hydrogen-bond donors (Lipinski definition) is 0. The predicted octanol–water partition coefficient (Wildman–Crippen LogP) is 8.23. The van der Waals surface area contributed by atoms with Crippen LogP contribution in [-0.4, -0.2) is 12.7 Å². The van der Waals surface area contributed by atoms with Gasteiger partial charge in [-0.1, -0.05) is 36.4 Å². The van der Waals surface area contributed by atoms with Gasteiger partial charge in [0.1, 0.15) is 11.6 Å². The van der Waals surface area contributed by atoms with Crippen LogP contribution in [-0.2, 0) is 11.2 Å². The van der Waals surface area contributed by atoms with E-state index in [0.29, 0.717) is 29.9 Å². The molecule has 172 valence electrons. The highest BCUT2D eigenvalue weighted by molar-refractivity contribution is 5.64. The zero-order chi connectivity index (χ0) is 22.5. The third kappa shape index (κ3) is 5.31. The molecule has 4 atom stereocenters. The number of benzene rings is 2. The lowest BCUT2D eigenvalue weighted by Crippen LogP contribution is -2.33. The van der Waals surface area contributed by atoms with Crippen LogP contribution in [0, 0.1) is 23.5 Å². The fourth-order valence-corrected chi connectivity index (χ4v) is 5.89. The third-order valence-electron chi connectivity index (χ3n) is 7.61. The Morgan fingerprint density at radius 3 is 2.34 bits per heavy atom. The van der Waals surface area contributed by atoms with E-state index in [1.807, 2.05) is 43.3 Å². The van der Waals surface area contributed by atoms with Crippen LogP contribution in [0.2, 0.25) is 0 Å². The summed E-state index contributed by atoms with van der Waals surface area (Å²) in [6.45, 7) is 4.84. The van der Waals surface area contributed by atoms with Crippen molar-refractivity contribution in [1.82, 2.24) is 0 Å². The van der Waals surface area contributed by atoms with Gasteiger partial charge in [0.25, 0.3) is 0 Å². The molecule has 2 aromatic carbocycles. The average Bonchev–Trinajstić information content (AvgIpc) is 2.80. The molecule has 2 aromatic rings. The molecule has 4 unspecified atom stereocenters. The largest absolute Gasteiger partial charge is 0.378 e. The first-order chi connectivity index (χ1) is 15.6. The van der Waals surface area contributed by atoms with Gasteiger partial charge in [-0.25, -0.2) is 8.78 Å². The van der Waals surface area contributed by atoms with Gasteiger partial charge >= 0.3 is 0 Å². The zero-order valence-electron chi connectivity index (χ0n) is 19.5. The second-order valence-electron chi connectivity index (χ2n) is 9.57. The Balaban J connectivity index is 1.43. The third-order valence-corrected chi connectivity index (χ3v) is 7.61. The van der Waals surface area contributed by atoms with Crippen LogP contribution in [0.15, 0.2) is 48.6 Å². The Kier molecular flexibility index (Phi) is 7.78. The van der Waals surface area contributed by atoms with Crippen LogP contribution < -0.4 is 0 Å². The van der Waals surface area contributed by atoms with Crippen molar-refractivity contribution >= 4 is 0 Å². The Morgan fingerprint density at radius 2 is 1.62 bits per heavy atom. The average molecular weight is 439 g/mol. The highest BCUT2D eigenvalue weighted by Gasteiger charge is 2.36. The van der Waals surface area contributed by atoms with Gasteiger partial charge in [-0.15, -0.1) is 0 Å². The fourth-order valence-electron chi connectivity index (χ4n) is 5.89. The number of halogens is 2. The molecule has 0 aromatic heterocycles. The Hall–Kier alpha value is -2.00. The van der Waals surface area contributed by atoms with E-state index in [9.17, 15) is 4.39 Å². The minimum absolute atomic E-state index is 0.147. The van der Waals surface area contributed by atoms with E-state index >= 15 is 4.39 Å². The van der Waals surface area contributed by atoms with Gasteiger partial charge in [-0.3, -0.25) is 0 Å². The lowest BCUT2D eigenvalue weighted by molar-refractivity contribution is -0.00968. The van der Waals surface area contributed by atoms with Crippen LogP contribution in [0.3, 0.4) is 0 Å². The van der Waals surface area contributed by atoms with E-state index in [2.05, 4.69) is 6.92 Å². The van der Waals surface area contributed by atoms with Crippen LogP contribution >= 0.6 is 0 Å². The topological polar surface area (TPSA) is 9.23 Å². The first-order valence-corrected chi connectivity index (χ1v) is 12.4. The first kappa shape index (κ1) is 23.2. The van der Waals surface area contributed by atoms with Gasteiger partial charge in [0, 0.05) is 6.61 Å². The van der Waals surface area contributed by atoms with Gasteiger partial charge in [-0.05, 0) is 117 Å². The molecule has 0 heterocycles. The van der Waals surface area contributed by atoms with E-state index in [1.165, 1.54) is 19.3 Å². The summed E-state index contributed by atoms with van der Waals surface area (Å²) in [5.41, 5.74) is 3.03. The molecule has 32 heavy (non-hydrogen) atoms. The molecule has 0 saturated heterocycles. The first-order valence-electron chi connectivity index (χ1n) is 12.4. The molecule has 0 aliphatic heterocycles. The second kappa shape index (κ2) is 10.7. The fraction of sp³-hybridized carbons (Fsp3) is 0.517. The number of allylic oxidation sites excluding steroid dienone is 2. The number of ether oxygens (including phenoxy) is 1. The van der Waals surface area contributed by atoms with Gasteiger partial charge < -0.3 is 4.74 Å². The van der Waals surface area contributed by atoms with Crippen molar-refractivity contribution in [1.29, 1.82) is 0 Å². The summed E-state index contributed by atoms with van der Waals surface area (Å²) in [6.07, 6.45) is 12.7. The molecule has 2 aliphatic rings. The summed E-state index contributed by atoms with van der Waals surface area (Å²) < 4.78 is 35.6. The predicted molar refractivity (Wildman–Crippen MR) is 128 cm³/mol. The quantitative estimate of drug-likeness (QED) is 0.396. The number of hydrogen-bond acceptors (Lipinski definition) is 1. The zero-order valence-corrected chi connectivity index (χ0v) is 19.5. The van der Waals surface area contributed by atoms with Crippen LogP contribution in [0.5, 0.6) is 0 Å². The van der Waals surface area contributed by atoms with Crippen molar-refractivity contribution < 1.29 is 13.5 Å². The molecule has 0 amide bonds. The maximum Gasteiger partial charge on any atom is 0.127 e. The van der Waals surface area contributed by atoms with Crippen molar-refractivity contribution in [2.45, 2.75) is 77.2 Å². The van der Waals surface area contributed by atoms with Gasteiger partial charge in [0.2, 0.25) is 0 Å². The van der Waals surface area contributed by atoms with Crippen LogP contribution in [0.1, 0.15) is 75.8 Å². The number of rotatable bonds is 7. The molecule has 1 nitrogen and oxygen atoms in total. The Morgan fingerprint density at radius 1 is 0.906 bits per heavy atom. The van der Waals surface area contributed by atoms with Gasteiger partial charge in [0.15, 0.2) is 0 Å². The van der Waals surface area contributed by atoms with Crippen LogP contribution in [0.25, 0.3) is 11.1 Å². The minimum Gasteiger partial charge on any atom is -0.378 e. The monoisotopic (exact) mass is 438 g/mol. The summed E-state index contributed by atoms with van der Waals surface area (Å²) in [5, 5.41) is 0. The molecule has 0 bridgehead atoms. The van der Waals surface area contributed by atoms with Crippen molar-refractivity contribution in [2.24, 2.45) is 11.8 Å².